The average molecular weight is 1250 g/mol. The van der Waals surface area contributed by atoms with Crippen molar-refractivity contribution in [2.45, 2.75) is 102 Å². The molecule has 3 fully saturated rings. The molecular formula is C68H80ClN11O8S. The summed E-state index contributed by atoms with van der Waals surface area (Å²) in [4.78, 5) is 70.1. The number of anilines is 3. The predicted molar refractivity (Wildman–Crippen MR) is 347 cm³/mol. The maximum atomic E-state index is 14.2. The van der Waals surface area contributed by atoms with Crippen LogP contribution in [-0.4, -0.2) is 152 Å². The number of piperazine rings is 1. The van der Waals surface area contributed by atoms with E-state index in [0.717, 1.165) is 150 Å². The number of fused-ring (bicyclic) bond motifs is 2. The number of halogens is 1. The van der Waals surface area contributed by atoms with E-state index in [9.17, 15) is 32.8 Å². The van der Waals surface area contributed by atoms with Gasteiger partial charge in [-0.15, -0.1) is 0 Å². The summed E-state index contributed by atoms with van der Waals surface area (Å²) in [7, 11) is -2.28. The largest absolute Gasteiger partial charge is 0.455 e. The lowest BCUT2D eigenvalue weighted by atomic mass is 9.72. The molecule has 4 aliphatic heterocycles. The van der Waals surface area contributed by atoms with Gasteiger partial charge in [-0.2, -0.15) is 0 Å². The highest BCUT2D eigenvalue weighted by Crippen LogP contribution is 2.44. The number of H-pyrrole nitrogens is 1. The number of allylic oxidation sites excluding steroid dienone is 1. The lowest BCUT2D eigenvalue weighted by Crippen LogP contribution is -2.52. The summed E-state index contributed by atoms with van der Waals surface area (Å²) in [6, 6.07) is 26.3. The fraction of sp³-hybridized carbons (Fsp3) is 0.426. The summed E-state index contributed by atoms with van der Waals surface area (Å²) in [6.45, 7) is 14.5. The molecule has 0 saturated carbocycles. The van der Waals surface area contributed by atoms with Crippen LogP contribution < -0.4 is 30.5 Å². The van der Waals surface area contributed by atoms with E-state index in [-0.39, 0.29) is 45.5 Å². The highest BCUT2D eigenvalue weighted by molar-refractivity contribution is 7.90. The van der Waals surface area contributed by atoms with Crippen LogP contribution in [0.15, 0.2) is 114 Å². The van der Waals surface area contributed by atoms with Crippen LogP contribution in [0.25, 0.3) is 16.6 Å². The number of carbonyl (C=O) groups is 4. The number of hydrogen-bond acceptors (Lipinski definition) is 15. The number of carbonyl (C=O) groups excluding carboxylic acids is 4. The number of imide groups is 1. The van der Waals surface area contributed by atoms with Crippen LogP contribution in [0.1, 0.15) is 122 Å². The van der Waals surface area contributed by atoms with Gasteiger partial charge in [-0.1, -0.05) is 67.5 Å². The van der Waals surface area contributed by atoms with E-state index in [1.165, 1.54) is 28.8 Å². The summed E-state index contributed by atoms with van der Waals surface area (Å²) in [5, 5.41) is 17.6. The number of piperidine rings is 2. The number of sulfonamides is 1. The molecule has 11 rings (SSSR count). The number of unbranched alkanes of at least 4 members (excludes halogenated alkanes) is 3. The number of aromatic amines is 1. The van der Waals surface area contributed by atoms with E-state index in [1.807, 2.05) is 42.5 Å². The molecule has 5 aliphatic rings. The number of nitrogens with zero attached hydrogens (tertiary/aromatic N) is 6. The second-order valence-corrected chi connectivity index (χ2v) is 27.2. The van der Waals surface area contributed by atoms with E-state index in [2.05, 4.69) is 95.3 Å². The van der Waals surface area contributed by atoms with Crippen molar-refractivity contribution in [2.75, 3.05) is 94.7 Å². The lowest BCUT2D eigenvalue weighted by Gasteiger charge is -2.39. The Bertz CT molecular complexity index is 3810. The van der Waals surface area contributed by atoms with Crippen molar-refractivity contribution in [3.8, 4) is 23.3 Å². The fourth-order valence-electron chi connectivity index (χ4n) is 12.9. The van der Waals surface area contributed by atoms with E-state index in [1.54, 1.807) is 41.6 Å². The minimum atomic E-state index is -4.44. The van der Waals surface area contributed by atoms with Gasteiger partial charge < -0.3 is 34.6 Å². The van der Waals surface area contributed by atoms with Crippen LogP contribution in [0.2, 0.25) is 5.02 Å². The summed E-state index contributed by atoms with van der Waals surface area (Å²) in [5.74, 6) is 5.71. The molecular weight excluding hydrogens is 1170 g/mol. The first-order chi connectivity index (χ1) is 42.9. The molecule has 1 atom stereocenters. The molecule has 6 N–H and O–H groups in total. The number of likely N-dealkylation sites (tertiary alicyclic amines) is 1. The van der Waals surface area contributed by atoms with Gasteiger partial charge in [-0.05, 0) is 173 Å². The first kappa shape index (κ1) is 62.8. The van der Waals surface area contributed by atoms with Crippen molar-refractivity contribution in [2.24, 2.45) is 11.3 Å². The molecule has 0 radical (unpaired) electrons. The molecule has 0 spiro atoms. The van der Waals surface area contributed by atoms with Gasteiger partial charge in [-0.3, -0.25) is 40.1 Å². The zero-order valence-electron chi connectivity index (χ0n) is 51.0. The van der Waals surface area contributed by atoms with Gasteiger partial charge in [-0.25, -0.2) is 18.1 Å². The number of likely N-dealkylation sites (N-methyl/N-ethyl adjacent to an activating group) is 1. The second-order valence-electron chi connectivity index (χ2n) is 25.1. The maximum Gasteiger partial charge on any atom is 0.268 e. The Morgan fingerprint density at radius 3 is 2.48 bits per heavy atom. The number of rotatable bonds is 22. The molecule has 6 aromatic rings. The molecule has 468 valence electrons. The summed E-state index contributed by atoms with van der Waals surface area (Å²) in [5.41, 5.74) is 11.0. The van der Waals surface area contributed by atoms with Crippen LogP contribution in [0.3, 0.4) is 0 Å². The van der Waals surface area contributed by atoms with Crippen LogP contribution in [0.5, 0.6) is 11.5 Å². The molecule has 4 aromatic carbocycles. The number of hydrogen-bond donors (Lipinski definition) is 6. The lowest BCUT2D eigenvalue weighted by molar-refractivity contribution is -0.136. The summed E-state index contributed by atoms with van der Waals surface area (Å²) in [6.07, 6.45) is 12.9. The average Bonchev–Trinajstić information content (AvgIpc) is 2.30. The minimum absolute atomic E-state index is 0.0220. The number of pyridine rings is 1. The molecule has 2 aromatic heterocycles. The fourth-order valence-corrected chi connectivity index (χ4v) is 14.0. The predicted octanol–water partition coefficient (Wildman–Crippen LogP) is 10.1. The Balaban J connectivity index is 0.632. The van der Waals surface area contributed by atoms with Gasteiger partial charge >= 0.3 is 0 Å². The Labute approximate surface area is 526 Å². The van der Waals surface area contributed by atoms with Gasteiger partial charge in [0.25, 0.3) is 21.8 Å². The van der Waals surface area contributed by atoms with E-state index in [0.29, 0.717) is 48.1 Å². The molecule has 4 amide bonds. The Kier molecular flexibility index (Phi) is 19.7. The molecule has 89 heavy (non-hydrogen) atoms. The van der Waals surface area contributed by atoms with Crippen molar-refractivity contribution in [1.82, 2.24) is 39.6 Å². The Morgan fingerprint density at radius 1 is 0.888 bits per heavy atom. The van der Waals surface area contributed by atoms with Crippen LogP contribution in [0, 0.1) is 23.2 Å². The first-order valence-electron chi connectivity index (χ1n) is 31.2. The van der Waals surface area contributed by atoms with Gasteiger partial charge in [0.15, 0.2) is 0 Å². The number of ether oxygens (including phenoxy) is 1. The van der Waals surface area contributed by atoms with Crippen molar-refractivity contribution in [1.29, 1.82) is 0 Å². The van der Waals surface area contributed by atoms with Crippen LogP contribution >= 0.6 is 11.6 Å². The second kappa shape index (κ2) is 28.0. The topological polar surface area (TPSA) is 225 Å². The van der Waals surface area contributed by atoms with Crippen molar-refractivity contribution >= 4 is 78.9 Å². The maximum absolute atomic E-state index is 14.2. The van der Waals surface area contributed by atoms with Gasteiger partial charge in [0.1, 0.15) is 23.2 Å². The van der Waals surface area contributed by atoms with Crippen LogP contribution in [0.4, 0.5) is 17.1 Å². The highest BCUT2D eigenvalue weighted by Gasteiger charge is 2.40. The quantitative estimate of drug-likeness (QED) is 0.0161. The Hall–Kier alpha value is -7.77. The smallest absolute Gasteiger partial charge is 0.268 e. The van der Waals surface area contributed by atoms with Crippen molar-refractivity contribution in [3.63, 3.8) is 0 Å². The Morgan fingerprint density at radius 2 is 1.70 bits per heavy atom. The van der Waals surface area contributed by atoms with Gasteiger partial charge in [0.2, 0.25) is 11.8 Å². The molecule has 1 unspecified atom stereocenters. The number of aromatic nitrogens is 2. The normalized spacial score (nSPS) is 18.4. The third-order valence-electron chi connectivity index (χ3n) is 18.2. The third kappa shape index (κ3) is 15.5. The molecule has 19 nitrogen and oxygen atoms in total. The highest BCUT2D eigenvalue weighted by atomic mass is 35.5. The van der Waals surface area contributed by atoms with E-state index < -0.39 is 27.9 Å². The molecule has 6 heterocycles. The zero-order valence-corrected chi connectivity index (χ0v) is 52.6. The summed E-state index contributed by atoms with van der Waals surface area (Å²) >= 11 is 6.28. The van der Waals surface area contributed by atoms with Gasteiger partial charge in [0.05, 0.1) is 28.0 Å². The number of amides is 4. The van der Waals surface area contributed by atoms with Crippen molar-refractivity contribution < 1.29 is 37.5 Å². The zero-order chi connectivity index (χ0) is 62.2. The molecule has 1 aliphatic carbocycles. The SMILES string of the molecule is CN(CCCCCC#Cc1cccc2c1CN(C1CCC(=O)NC1=O)C2=O)CCN1CCC(CNc2ccc(S(=O)(=O)NC(=O)c3ccc(N4CCN(CC5=C(c6ccc(Cl)cc6)CC(C)(C)CC5)CC4)cc3Oc3cnc4[nH]ccc4c3)cc2NO)CC1. The first-order valence-corrected chi connectivity index (χ1v) is 33.0. The summed E-state index contributed by atoms with van der Waals surface area (Å²) < 4.78 is 36.7. The standard InChI is InChI=1S/C68H80ClN11O8S/c1-68(2)27-23-50(57(41-68)48-13-15-51(69)16-14-48)44-78-34-36-79(37-35-78)52-17-19-56(62(39-52)88-53-38-49-24-28-70-64(49)72-43-53)65(82)75-89(86,87)54-18-20-59(60(40-54)74-85)71-42-46-25-30-77(31-26-46)33-32-76(3)29-8-6-4-5-7-10-47-11-9-12-55-58(47)45-80(67(55)84)61-21-22-63(81)73-66(61)83/h9,11-20,24,28,38-40,43,46,61,71,74,85H,4-6,8,21-23,25-27,29-37,41-42,44-45H2,1-3H3,(H,70,72)(H,75,82)(H,73,81,83). The van der Waals surface area contributed by atoms with Crippen LogP contribution in [-0.2, 0) is 26.2 Å². The van der Waals surface area contributed by atoms with Gasteiger partial charge in [0, 0.05) is 111 Å². The third-order valence-corrected chi connectivity index (χ3v) is 19.8. The van der Waals surface area contributed by atoms with E-state index >= 15 is 0 Å². The minimum Gasteiger partial charge on any atom is -0.455 e. The van der Waals surface area contributed by atoms with Crippen molar-refractivity contribution in [3.05, 3.63) is 142 Å². The molecule has 3 saturated heterocycles. The monoisotopic (exact) mass is 1250 g/mol. The number of benzene rings is 4. The number of nitrogens with one attached hydrogen (secondary N) is 5. The molecule has 21 heteroatoms. The van der Waals surface area contributed by atoms with E-state index in [4.69, 9.17) is 16.3 Å². The molecule has 0 bridgehead atoms.